The molecule has 1 unspecified atom stereocenters. The van der Waals surface area contributed by atoms with Gasteiger partial charge in [-0.3, -0.25) is 4.79 Å². The Morgan fingerprint density at radius 2 is 1.89 bits per heavy atom. The highest BCUT2D eigenvalue weighted by Crippen LogP contribution is 2.22. The van der Waals surface area contributed by atoms with E-state index in [1.807, 2.05) is 0 Å². The molecule has 0 spiro atoms. The second-order valence-corrected chi connectivity index (χ2v) is 8.63. The second kappa shape index (κ2) is 8.51. The fraction of sp³-hybridized carbons (Fsp3) is 0.316. The summed E-state index contributed by atoms with van der Waals surface area (Å²) in [6.45, 7) is 3.42. The van der Waals surface area contributed by atoms with E-state index in [1.165, 1.54) is 26.2 Å². The zero-order valence-electron chi connectivity index (χ0n) is 15.9. The van der Waals surface area contributed by atoms with Gasteiger partial charge in [0.05, 0.1) is 11.5 Å². The van der Waals surface area contributed by atoms with Crippen molar-refractivity contribution in [1.82, 2.24) is 4.31 Å². The Labute approximate surface area is 160 Å². The average molecular weight is 391 g/mol. The summed E-state index contributed by atoms with van der Waals surface area (Å²) >= 11 is 0. The third-order valence-corrected chi connectivity index (χ3v) is 5.94. The van der Waals surface area contributed by atoms with Crippen LogP contribution in [0.5, 0.6) is 0 Å². The molecule has 0 fully saturated rings. The van der Waals surface area contributed by atoms with E-state index in [9.17, 15) is 18.3 Å². The van der Waals surface area contributed by atoms with Gasteiger partial charge in [0.1, 0.15) is 6.04 Å². The van der Waals surface area contributed by atoms with Gasteiger partial charge in [0.15, 0.2) is 0 Å². The van der Waals surface area contributed by atoms with E-state index >= 15 is 0 Å². The van der Waals surface area contributed by atoms with Gasteiger partial charge in [-0.15, -0.1) is 0 Å². The van der Waals surface area contributed by atoms with E-state index in [-0.39, 0.29) is 17.4 Å². The second-order valence-electron chi connectivity index (χ2n) is 6.48. The minimum atomic E-state index is -3.59. The molecule has 0 aliphatic carbocycles. The lowest BCUT2D eigenvalue weighted by Crippen LogP contribution is -2.32. The van der Waals surface area contributed by atoms with Crippen LogP contribution in [0, 0.1) is 6.92 Å². The molecule has 8 heteroatoms. The van der Waals surface area contributed by atoms with E-state index in [4.69, 9.17) is 0 Å². The van der Waals surface area contributed by atoms with Crippen LogP contribution in [0.2, 0.25) is 0 Å². The van der Waals surface area contributed by atoms with Crippen molar-refractivity contribution in [3.8, 4) is 0 Å². The van der Waals surface area contributed by atoms with Gasteiger partial charge >= 0.3 is 0 Å². The van der Waals surface area contributed by atoms with E-state index in [0.29, 0.717) is 11.4 Å². The van der Waals surface area contributed by atoms with Gasteiger partial charge in [0.2, 0.25) is 15.9 Å². The van der Waals surface area contributed by atoms with Gasteiger partial charge in [-0.25, -0.2) is 12.7 Å². The summed E-state index contributed by atoms with van der Waals surface area (Å²) in [7, 11) is -0.669. The van der Waals surface area contributed by atoms with E-state index in [1.54, 1.807) is 44.2 Å². The van der Waals surface area contributed by atoms with Crippen molar-refractivity contribution >= 4 is 27.3 Å². The first-order valence-electron chi connectivity index (χ1n) is 8.45. The summed E-state index contributed by atoms with van der Waals surface area (Å²) in [5, 5.41) is 15.0. The number of nitrogens with zero attached hydrogens (tertiary/aromatic N) is 1. The van der Waals surface area contributed by atoms with Crippen molar-refractivity contribution in [3.05, 3.63) is 53.6 Å². The highest BCUT2D eigenvalue weighted by atomic mass is 32.2. The Bertz CT molecular complexity index is 926. The Kier molecular flexibility index (Phi) is 6.59. The van der Waals surface area contributed by atoms with Gasteiger partial charge in [0, 0.05) is 25.5 Å². The number of sulfonamides is 1. The van der Waals surface area contributed by atoms with E-state index in [2.05, 4.69) is 10.6 Å². The number of carbonyl (C=O) groups is 1. The van der Waals surface area contributed by atoms with Gasteiger partial charge in [-0.05, 0) is 49.2 Å². The molecule has 0 bridgehead atoms. The predicted molar refractivity (Wildman–Crippen MR) is 106 cm³/mol. The maximum absolute atomic E-state index is 12.5. The van der Waals surface area contributed by atoms with Crippen molar-refractivity contribution in [2.45, 2.75) is 31.4 Å². The minimum Gasteiger partial charge on any atom is -0.392 e. The molecule has 0 heterocycles. The number of rotatable bonds is 7. The monoisotopic (exact) mass is 391 g/mol. The highest BCUT2D eigenvalue weighted by Gasteiger charge is 2.20. The third kappa shape index (κ3) is 5.06. The molecule has 0 saturated heterocycles. The number of hydrogen-bond donors (Lipinski definition) is 3. The molecule has 1 amide bonds. The fourth-order valence-corrected chi connectivity index (χ4v) is 3.35. The van der Waals surface area contributed by atoms with Crippen molar-refractivity contribution in [2.75, 3.05) is 24.7 Å². The van der Waals surface area contributed by atoms with Gasteiger partial charge < -0.3 is 15.7 Å². The predicted octanol–water partition coefficient (Wildman–Crippen LogP) is 2.18. The lowest BCUT2D eigenvalue weighted by molar-refractivity contribution is -0.116. The topological polar surface area (TPSA) is 98.7 Å². The van der Waals surface area contributed by atoms with Crippen LogP contribution >= 0.6 is 0 Å². The first kappa shape index (κ1) is 20.9. The standard InChI is InChI=1S/C19H25N3O4S/c1-13-8-9-17(27(25,26)22(3)4)11-18(13)21-19(24)14(2)20-16-7-5-6-15(10-16)12-23/h5-11,14,20,23H,12H2,1-4H3,(H,21,24). The lowest BCUT2D eigenvalue weighted by atomic mass is 10.1. The molecule has 2 aromatic carbocycles. The van der Waals surface area contributed by atoms with Crippen LogP contribution in [0.3, 0.4) is 0 Å². The maximum atomic E-state index is 12.5. The highest BCUT2D eigenvalue weighted by molar-refractivity contribution is 7.89. The molecule has 1 atom stereocenters. The van der Waals surface area contributed by atoms with Crippen LogP contribution < -0.4 is 10.6 Å². The summed E-state index contributed by atoms with van der Waals surface area (Å²) in [5.74, 6) is -0.299. The van der Waals surface area contributed by atoms with Crippen molar-refractivity contribution in [3.63, 3.8) is 0 Å². The quantitative estimate of drug-likeness (QED) is 0.672. The van der Waals surface area contributed by atoms with Crippen LogP contribution in [0.4, 0.5) is 11.4 Å². The largest absolute Gasteiger partial charge is 0.392 e. The zero-order chi connectivity index (χ0) is 20.2. The first-order chi connectivity index (χ1) is 12.6. The number of amides is 1. The summed E-state index contributed by atoms with van der Waals surface area (Å²) < 4.78 is 25.7. The molecule has 2 aromatic rings. The van der Waals surface area contributed by atoms with Crippen molar-refractivity contribution < 1.29 is 18.3 Å². The molecule has 0 saturated carbocycles. The van der Waals surface area contributed by atoms with Crippen LogP contribution in [0.25, 0.3) is 0 Å². The Balaban J connectivity index is 2.17. The summed E-state index contributed by atoms with van der Waals surface area (Å²) in [6, 6.07) is 11.2. The molecule has 0 aliphatic rings. The van der Waals surface area contributed by atoms with E-state index < -0.39 is 16.1 Å². The normalized spacial score (nSPS) is 12.7. The SMILES string of the molecule is Cc1ccc(S(=O)(=O)N(C)C)cc1NC(=O)C(C)Nc1cccc(CO)c1. The number of aryl methyl sites for hydroxylation is 1. The third-order valence-electron chi connectivity index (χ3n) is 4.13. The number of aliphatic hydroxyl groups excluding tert-OH is 1. The zero-order valence-corrected chi connectivity index (χ0v) is 16.7. The average Bonchev–Trinajstić information content (AvgIpc) is 2.63. The number of hydrogen-bond acceptors (Lipinski definition) is 5. The Hall–Kier alpha value is -2.42. The van der Waals surface area contributed by atoms with Gasteiger partial charge in [-0.1, -0.05) is 18.2 Å². The number of carbonyl (C=O) groups excluding carboxylic acids is 1. The molecule has 27 heavy (non-hydrogen) atoms. The first-order valence-corrected chi connectivity index (χ1v) is 9.89. The van der Waals surface area contributed by atoms with E-state index in [0.717, 1.165) is 15.4 Å². The molecular formula is C19H25N3O4S. The number of nitrogens with one attached hydrogen (secondary N) is 2. The molecule has 7 nitrogen and oxygen atoms in total. The summed E-state index contributed by atoms with van der Waals surface area (Å²) in [4.78, 5) is 12.7. The van der Waals surface area contributed by atoms with Gasteiger partial charge in [-0.2, -0.15) is 0 Å². The lowest BCUT2D eigenvalue weighted by Gasteiger charge is -2.18. The number of benzene rings is 2. The van der Waals surface area contributed by atoms with Gasteiger partial charge in [0.25, 0.3) is 0 Å². The number of aliphatic hydroxyl groups is 1. The maximum Gasteiger partial charge on any atom is 0.246 e. The molecule has 0 radical (unpaired) electrons. The van der Waals surface area contributed by atoms with Crippen LogP contribution in [0.1, 0.15) is 18.1 Å². The smallest absolute Gasteiger partial charge is 0.246 e. The summed E-state index contributed by atoms with van der Waals surface area (Å²) in [5.41, 5.74) is 2.66. The molecule has 0 aromatic heterocycles. The van der Waals surface area contributed by atoms with Crippen LogP contribution in [-0.4, -0.2) is 43.9 Å². The van der Waals surface area contributed by atoms with Crippen molar-refractivity contribution in [2.24, 2.45) is 0 Å². The molecule has 3 N–H and O–H groups in total. The summed E-state index contributed by atoms with van der Waals surface area (Å²) in [6.07, 6.45) is 0. The van der Waals surface area contributed by atoms with Crippen molar-refractivity contribution in [1.29, 1.82) is 0 Å². The number of anilines is 2. The molecule has 0 aliphatic heterocycles. The molecule has 146 valence electrons. The Morgan fingerprint density at radius 3 is 2.52 bits per heavy atom. The Morgan fingerprint density at radius 1 is 1.19 bits per heavy atom. The van der Waals surface area contributed by atoms with Crippen LogP contribution in [0.15, 0.2) is 47.4 Å². The minimum absolute atomic E-state index is 0.0809. The fourth-order valence-electron chi connectivity index (χ4n) is 2.42. The molecular weight excluding hydrogens is 366 g/mol. The van der Waals surface area contributed by atoms with Crippen LogP contribution in [-0.2, 0) is 21.4 Å². The molecule has 2 rings (SSSR count).